The number of sulfone groups is 1. The van der Waals surface area contributed by atoms with E-state index >= 15 is 0 Å². The van der Waals surface area contributed by atoms with E-state index in [4.69, 9.17) is 10.8 Å². The number of aliphatic hydroxyl groups is 1. The highest BCUT2D eigenvalue weighted by Crippen LogP contribution is 2.20. The zero-order valence-corrected chi connectivity index (χ0v) is 12.6. The highest BCUT2D eigenvalue weighted by atomic mass is 32.2. The number of nitrogens with zero attached hydrogens (tertiary/aromatic N) is 1. The Kier molecular flexibility index (Phi) is 4.97. The molecule has 0 aromatic heterocycles. The smallest absolute Gasteiger partial charge is 0.254 e. The molecule has 0 aliphatic carbocycles. The first-order valence-corrected chi connectivity index (χ1v) is 8.70. The number of nitrogens with two attached hydrogens (primary N) is 1. The molecule has 21 heavy (non-hydrogen) atoms. The molecule has 1 aromatic carbocycles. The van der Waals surface area contributed by atoms with Crippen molar-refractivity contribution >= 4 is 15.7 Å². The molecule has 1 saturated heterocycles. The van der Waals surface area contributed by atoms with Gasteiger partial charge in [0.25, 0.3) is 5.91 Å². The quantitative estimate of drug-likeness (QED) is 0.782. The lowest BCUT2D eigenvalue weighted by molar-refractivity contribution is 0.0655. The maximum atomic E-state index is 12.5. The van der Waals surface area contributed by atoms with Crippen LogP contribution < -0.4 is 5.73 Å². The van der Waals surface area contributed by atoms with Gasteiger partial charge in [-0.2, -0.15) is 0 Å². The Morgan fingerprint density at radius 1 is 1.33 bits per heavy atom. The summed E-state index contributed by atoms with van der Waals surface area (Å²) >= 11 is 0. The Hall–Kier alpha value is -1.44. The highest BCUT2D eigenvalue weighted by molar-refractivity contribution is 7.91. The minimum atomic E-state index is -3.08. The zero-order valence-electron chi connectivity index (χ0n) is 11.7. The van der Waals surface area contributed by atoms with Gasteiger partial charge in [0.05, 0.1) is 18.1 Å². The molecule has 0 bridgehead atoms. The van der Waals surface area contributed by atoms with Crippen molar-refractivity contribution in [3.63, 3.8) is 0 Å². The molecule has 2 rings (SSSR count). The third-order valence-electron chi connectivity index (χ3n) is 3.69. The first-order valence-electron chi connectivity index (χ1n) is 6.88. The van der Waals surface area contributed by atoms with Crippen molar-refractivity contribution in [1.82, 2.24) is 4.90 Å². The molecule has 1 aromatic rings. The third-order valence-corrected chi connectivity index (χ3v) is 5.44. The van der Waals surface area contributed by atoms with Gasteiger partial charge in [-0.05, 0) is 24.1 Å². The Morgan fingerprint density at radius 2 is 2.00 bits per heavy atom. The summed E-state index contributed by atoms with van der Waals surface area (Å²) in [5.41, 5.74) is 6.91. The van der Waals surface area contributed by atoms with E-state index in [9.17, 15) is 13.2 Å². The van der Waals surface area contributed by atoms with E-state index in [1.54, 1.807) is 24.3 Å². The number of aliphatic hydroxyl groups excluding tert-OH is 1. The fraction of sp³-hybridized carbons (Fsp3) is 0.500. The molecule has 0 saturated carbocycles. The van der Waals surface area contributed by atoms with E-state index in [-0.39, 0.29) is 36.6 Å². The first kappa shape index (κ1) is 15.9. The summed E-state index contributed by atoms with van der Waals surface area (Å²) in [5, 5.41) is 9.15. The predicted octanol–water partition coefficient (Wildman–Crippen LogP) is -0.233. The van der Waals surface area contributed by atoms with Gasteiger partial charge in [-0.1, -0.05) is 12.1 Å². The van der Waals surface area contributed by atoms with Gasteiger partial charge in [0, 0.05) is 24.7 Å². The van der Waals surface area contributed by atoms with E-state index in [2.05, 4.69) is 0 Å². The topological polar surface area (TPSA) is 101 Å². The van der Waals surface area contributed by atoms with Crippen LogP contribution in [0.1, 0.15) is 22.3 Å². The summed E-state index contributed by atoms with van der Waals surface area (Å²) < 4.78 is 23.2. The van der Waals surface area contributed by atoms with Crippen LogP contribution in [-0.2, 0) is 16.4 Å². The summed E-state index contributed by atoms with van der Waals surface area (Å²) in [5.74, 6) is -0.187. The normalized spacial score (nSPS) is 20.4. The van der Waals surface area contributed by atoms with Crippen molar-refractivity contribution in [2.24, 2.45) is 5.73 Å². The molecule has 1 atom stereocenters. The van der Waals surface area contributed by atoms with Crippen LogP contribution in [0.3, 0.4) is 0 Å². The Morgan fingerprint density at radius 3 is 2.48 bits per heavy atom. The van der Waals surface area contributed by atoms with Gasteiger partial charge in [0.2, 0.25) is 0 Å². The second kappa shape index (κ2) is 6.55. The Labute approximate surface area is 124 Å². The SMILES string of the molecule is NCc1ccc(C(=O)N(CCO)C2CCS(=O)(=O)C2)cc1. The van der Waals surface area contributed by atoms with E-state index < -0.39 is 9.84 Å². The van der Waals surface area contributed by atoms with Gasteiger partial charge >= 0.3 is 0 Å². The number of hydrogen-bond acceptors (Lipinski definition) is 5. The molecule has 1 aliphatic heterocycles. The van der Waals surface area contributed by atoms with Crippen LogP contribution in [0, 0.1) is 0 Å². The van der Waals surface area contributed by atoms with Crippen LogP contribution in [-0.4, -0.2) is 55.0 Å². The molecule has 1 aliphatic rings. The molecule has 116 valence electrons. The molecule has 1 amide bonds. The lowest BCUT2D eigenvalue weighted by atomic mass is 10.1. The van der Waals surface area contributed by atoms with Crippen LogP contribution in [0.2, 0.25) is 0 Å². The standard InChI is InChI=1S/C14H20N2O4S/c15-9-11-1-3-12(4-2-11)14(18)16(6-7-17)13-5-8-21(19,20)10-13/h1-4,13,17H,5-10,15H2. The maximum Gasteiger partial charge on any atom is 0.254 e. The van der Waals surface area contributed by atoms with Crippen LogP contribution >= 0.6 is 0 Å². The Balaban J connectivity index is 2.18. The summed E-state index contributed by atoms with van der Waals surface area (Å²) in [7, 11) is -3.08. The number of rotatable bonds is 5. The van der Waals surface area contributed by atoms with Crippen molar-refractivity contribution in [3.05, 3.63) is 35.4 Å². The summed E-state index contributed by atoms with van der Waals surface area (Å²) in [6.45, 7) is 0.344. The van der Waals surface area contributed by atoms with Gasteiger partial charge < -0.3 is 15.7 Å². The highest BCUT2D eigenvalue weighted by Gasteiger charge is 2.34. The number of benzene rings is 1. The summed E-state index contributed by atoms with van der Waals surface area (Å²) in [6.07, 6.45) is 0.426. The van der Waals surface area contributed by atoms with Crippen LogP contribution in [0.15, 0.2) is 24.3 Å². The Bertz CT molecular complexity index is 598. The minimum Gasteiger partial charge on any atom is -0.395 e. The molecular weight excluding hydrogens is 292 g/mol. The van der Waals surface area contributed by atoms with Gasteiger partial charge in [0.1, 0.15) is 0 Å². The molecule has 1 heterocycles. The molecule has 0 radical (unpaired) electrons. The second-order valence-corrected chi connectivity index (χ2v) is 7.41. The van der Waals surface area contributed by atoms with Crippen molar-refractivity contribution < 1.29 is 18.3 Å². The van der Waals surface area contributed by atoms with Crippen molar-refractivity contribution in [2.75, 3.05) is 24.7 Å². The van der Waals surface area contributed by atoms with E-state index in [0.717, 1.165) is 5.56 Å². The van der Waals surface area contributed by atoms with Gasteiger partial charge in [-0.3, -0.25) is 4.79 Å². The molecular formula is C14H20N2O4S. The van der Waals surface area contributed by atoms with Gasteiger partial charge in [-0.25, -0.2) is 8.42 Å². The van der Waals surface area contributed by atoms with E-state index in [1.165, 1.54) is 4.90 Å². The van der Waals surface area contributed by atoms with E-state index in [0.29, 0.717) is 18.5 Å². The second-order valence-electron chi connectivity index (χ2n) is 5.18. The number of carbonyl (C=O) groups excluding carboxylic acids is 1. The van der Waals surface area contributed by atoms with Crippen LogP contribution in [0.5, 0.6) is 0 Å². The van der Waals surface area contributed by atoms with Crippen molar-refractivity contribution in [2.45, 2.75) is 19.0 Å². The summed E-state index contributed by atoms with van der Waals surface area (Å²) in [6, 6.07) is 6.55. The fourth-order valence-electron chi connectivity index (χ4n) is 2.53. The van der Waals surface area contributed by atoms with Gasteiger partial charge in [0.15, 0.2) is 9.84 Å². The molecule has 3 N–H and O–H groups in total. The molecule has 0 spiro atoms. The average molecular weight is 312 g/mol. The average Bonchev–Trinajstić information content (AvgIpc) is 2.84. The van der Waals surface area contributed by atoms with Crippen LogP contribution in [0.25, 0.3) is 0 Å². The fourth-order valence-corrected chi connectivity index (χ4v) is 4.26. The third kappa shape index (κ3) is 3.81. The first-order chi connectivity index (χ1) is 9.96. The molecule has 6 nitrogen and oxygen atoms in total. The van der Waals surface area contributed by atoms with Gasteiger partial charge in [-0.15, -0.1) is 0 Å². The monoisotopic (exact) mass is 312 g/mol. The molecule has 7 heteroatoms. The summed E-state index contributed by atoms with van der Waals surface area (Å²) in [4.78, 5) is 14.0. The lowest BCUT2D eigenvalue weighted by Crippen LogP contribution is -2.42. The predicted molar refractivity (Wildman–Crippen MR) is 79.5 cm³/mol. The minimum absolute atomic E-state index is 0.0282. The zero-order chi connectivity index (χ0) is 15.5. The number of carbonyl (C=O) groups is 1. The van der Waals surface area contributed by atoms with E-state index in [1.807, 2.05) is 0 Å². The van der Waals surface area contributed by atoms with Crippen molar-refractivity contribution in [3.8, 4) is 0 Å². The number of amides is 1. The molecule has 1 fully saturated rings. The largest absolute Gasteiger partial charge is 0.395 e. The molecule has 1 unspecified atom stereocenters. The lowest BCUT2D eigenvalue weighted by Gasteiger charge is -2.27. The number of hydrogen-bond donors (Lipinski definition) is 2. The maximum absolute atomic E-state index is 12.5. The van der Waals surface area contributed by atoms with Crippen LogP contribution in [0.4, 0.5) is 0 Å². The van der Waals surface area contributed by atoms with Crippen molar-refractivity contribution in [1.29, 1.82) is 0 Å².